The second-order valence-electron chi connectivity index (χ2n) is 7.34. The lowest BCUT2D eigenvalue weighted by Crippen LogP contribution is -2.35. The number of hydrogen-bond acceptors (Lipinski definition) is 3. The number of halogens is 4. The van der Waals surface area contributed by atoms with Crippen molar-refractivity contribution in [2.24, 2.45) is 11.7 Å². The minimum Gasteiger partial charge on any atom is -0.342 e. The molecule has 28 heavy (non-hydrogen) atoms. The Kier molecular flexibility index (Phi) is 8.31. The molecule has 2 N–H and O–H groups in total. The summed E-state index contributed by atoms with van der Waals surface area (Å²) in [7, 11) is 1.54. The number of amides is 2. The smallest absolute Gasteiger partial charge is 0.342 e. The molecule has 1 aliphatic rings. The zero-order valence-electron chi connectivity index (χ0n) is 16.3. The van der Waals surface area contributed by atoms with Gasteiger partial charge in [-0.3, -0.25) is 9.59 Å². The van der Waals surface area contributed by atoms with Gasteiger partial charge in [0.05, 0.1) is 5.56 Å². The molecule has 0 aromatic heterocycles. The molecule has 5 nitrogen and oxygen atoms in total. The van der Waals surface area contributed by atoms with Crippen molar-refractivity contribution in [2.75, 3.05) is 25.0 Å². The Morgan fingerprint density at radius 1 is 1.29 bits per heavy atom. The molecule has 0 aliphatic carbocycles. The lowest BCUT2D eigenvalue weighted by Gasteiger charge is -2.23. The average Bonchev–Trinajstić information content (AvgIpc) is 3.03. The van der Waals surface area contributed by atoms with E-state index in [1.54, 1.807) is 0 Å². The third-order valence-corrected chi connectivity index (χ3v) is 4.88. The van der Waals surface area contributed by atoms with Gasteiger partial charge in [0.25, 0.3) is 5.91 Å². The van der Waals surface area contributed by atoms with Crippen LogP contribution < -0.4 is 10.6 Å². The molecule has 0 saturated carbocycles. The summed E-state index contributed by atoms with van der Waals surface area (Å²) < 4.78 is 39.9. The van der Waals surface area contributed by atoms with E-state index in [1.165, 1.54) is 22.9 Å². The van der Waals surface area contributed by atoms with E-state index >= 15 is 0 Å². The van der Waals surface area contributed by atoms with Crippen LogP contribution in [0, 0.1) is 5.92 Å². The van der Waals surface area contributed by atoms with E-state index in [2.05, 4.69) is 0 Å². The van der Waals surface area contributed by atoms with Crippen LogP contribution in [-0.4, -0.2) is 42.9 Å². The number of carbonyl (C=O) groups excluding carboxylic acids is 2. The number of hydrogen-bond donors (Lipinski definition) is 1. The SMILES string of the molecule is CC(C)C(N)CCN(C)C(=O)c1cc(N2CCCC2=O)cc(C(F)(F)F)c1.Cl. The van der Waals surface area contributed by atoms with Crippen LogP contribution in [0.3, 0.4) is 0 Å². The Balaban J connectivity index is 0.00000392. The fraction of sp³-hybridized carbons (Fsp3) is 0.579. The van der Waals surface area contributed by atoms with E-state index in [-0.39, 0.29) is 41.5 Å². The van der Waals surface area contributed by atoms with Gasteiger partial charge < -0.3 is 15.5 Å². The molecule has 1 saturated heterocycles. The predicted octanol–water partition coefficient (Wildman–Crippen LogP) is 3.70. The molecule has 1 unspecified atom stereocenters. The van der Waals surface area contributed by atoms with Gasteiger partial charge >= 0.3 is 6.18 Å². The predicted molar refractivity (Wildman–Crippen MR) is 105 cm³/mol. The average molecular weight is 422 g/mol. The summed E-state index contributed by atoms with van der Waals surface area (Å²) in [6.45, 7) is 4.64. The zero-order chi connectivity index (χ0) is 20.4. The van der Waals surface area contributed by atoms with Crippen LogP contribution in [0.2, 0.25) is 0 Å². The molecule has 0 radical (unpaired) electrons. The van der Waals surface area contributed by atoms with E-state index in [0.717, 1.165) is 12.1 Å². The maximum absolute atomic E-state index is 13.3. The Morgan fingerprint density at radius 2 is 1.93 bits per heavy atom. The van der Waals surface area contributed by atoms with Gasteiger partial charge in [-0.05, 0) is 37.0 Å². The summed E-state index contributed by atoms with van der Waals surface area (Å²) >= 11 is 0. The molecule has 1 aromatic rings. The van der Waals surface area contributed by atoms with E-state index < -0.39 is 17.6 Å². The second kappa shape index (κ2) is 9.60. The topological polar surface area (TPSA) is 66.6 Å². The van der Waals surface area contributed by atoms with Crippen molar-refractivity contribution in [1.29, 1.82) is 0 Å². The molecule has 2 amide bonds. The molecular formula is C19H27ClF3N3O2. The third-order valence-electron chi connectivity index (χ3n) is 4.88. The highest BCUT2D eigenvalue weighted by molar-refractivity contribution is 5.99. The first kappa shape index (κ1) is 24.2. The second-order valence-corrected chi connectivity index (χ2v) is 7.34. The van der Waals surface area contributed by atoms with Gasteiger partial charge in [-0.2, -0.15) is 13.2 Å². The third kappa shape index (κ3) is 5.85. The van der Waals surface area contributed by atoms with Gasteiger partial charge in [0, 0.05) is 43.9 Å². The van der Waals surface area contributed by atoms with Crippen molar-refractivity contribution >= 4 is 29.9 Å². The standard InChI is InChI=1S/C19H26F3N3O2.ClH/c1-12(2)16(23)6-8-24(3)18(27)13-9-14(19(20,21)22)11-15(10-13)25-7-4-5-17(25)26;/h9-12,16H,4-8,23H2,1-3H3;1H. The highest BCUT2D eigenvalue weighted by atomic mass is 35.5. The van der Waals surface area contributed by atoms with Crippen LogP contribution >= 0.6 is 12.4 Å². The summed E-state index contributed by atoms with van der Waals surface area (Å²) in [5.74, 6) is -0.510. The van der Waals surface area contributed by atoms with E-state index in [4.69, 9.17) is 5.73 Å². The number of benzene rings is 1. The number of nitrogens with two attached hydrogens (primary N) is 1. The van der Waals surface area contributed by atoms with E-state index in [0.29, 0.717) is 32.4 Å². The maximum Gasteiger partial charge on any atom is 0.416 e. The first-order valence-electron chi connectivity index (χ1n) is 9.04. The number of nitrogens with zero attached hydrogens (tertiary/aromatic N) is 2. The van der Waals surface area contributed by atoms with Crippen LogP contribution in [0.5, 0.6) is 0 Å². The first-order chi connectivity index (χ1) is 12.5. The normalized spacial score (nSPS) is 15.6. The summed E-state index contributed by atoms with van der Waals surface area (Å²) in [5.41, 5.74) is 5.07. The highest BCUT2D eigenvalue weighted by Crippen LogP contribution is 2.34. The van der Waals surface area contributed by atoms with Gasteiger partial charge in [0.2, 0.25) is 5.91 Å². The lowest BCUT2D eigenvalue weighted by molar-refractivity contribution is -0.137. The Bertz CT molecular complexity index is 710. The molecule has 158 valence electrons. The van der Waals surface area contributed by atoms with Crippen molar-refractivity contribution in [1.82, 2.24) is 4.90 Å². The van der Waals surface area contributed by atoms with Crippen LogP contribution in [0.25, 0.3) is 0 Å². The van der Waals surface area contributed by atoms with Gasteiger partial charge in [0.1, 0.15) is 0 Å². The van der Waals surface area contributed by atoms with E-state index in [1.807, 2.05) is 13.8 Å². The molecule has 1 heterocycles. The fourth-order valence-electron chi connectivity index (χ4n) is 2.97. The number of rotatable bonds is 6. The van der Waals surface area contributed by atoms with Gasteiger partial charge in [-0.15, -0.1) is 12.4 Å². The molecular weight excluding hydrogens is 395 g/mol. The Labute approximate surface area is 169 Å². The van der Waals surface area contributed by atoms with Crippen molar-refractivity contribution in [3.8, 4) is 0 Å². The lowest BCUT2D eigenvalue weighted by atomic mass is 10.0. The summed E-state index contributed by atoms with van der Waals surface area (Å²) in [6.07, 6.45) is -3.17. The quantitative estimate of drug-likeness (QED) is 0.761. The monoisotopic (exact) mass is 421 g/mol. The van der Waals surface area contributed by atoms with Crippen molar-refractivity contribution in [2.45, 2.75) is 45.3 Å². The zero-order valence-corrected chi connectivity index (χ0v) is 17.1. The number of anilines is 1. The molecule has 1 aliphatic heterocycles. The van der Waals surface area contributed by atoms with Crippen molar-refractivity contribution < 1.29 is 22.8 Å². The van der Waals surface area contributed by atoms with Crippen LogP contribution in [0.1, 0.15) is 49.0 Å². The number of carbonyl (C=O) groups is 2. The Morgan fingerprint density at radius 3 is 2.43 bits per heavy atom. The largest absolute Gasteiger partial charge is 0.416 e. The highest BCUT2D eigenvalue weighted by Gasteiger charge is 2.34. The van der Waals surface area contributed by atoms with Crippen LogP contribution in [0.15, 0.2) is 18.2 Å². The fourth-order valence-corrected chi connectivity index (χ4v) is 2.97. The van der Waals surface area contributed by atoms with Crippen LogP contribution in [0.4, 0.5) is 18.9 Å². The molecule has 1 atom stereocenters. The minimum atomic E-state index is -4.60. The first-order valence-corrected chi connectivity index (χ1v) is 9.04. The van der Waals surface area contributed by atoms with Crippen molar-refractivity contribution in [3.05, 3.63) is 29.3 Å². The number of alkyl halides is 3. The van der Waals surface area contributed by atoms with Crippen LogP contribution in [-0.2, 0) is 11.0 Å². The van der Waals surface area contributed by atoms with Gasteiger partial charge in [0.15, 0.2) is 0 Å². The molecule has 9 heteroatoms. The summed E-state index contributed by atoms with van der Waals surface area (Å²) in [5, 5.41) is 0. The van der Waals surface area contributed by atoms with E-state index in [9.17, 15) is 22.8 Å². The Hall–Kier alpha value is -1.80. The molecule has 1 fully saturated rings. The maximum atomic E-state index is 13.3. The van der Waals surface area contributed by atoms with Gasteiger partial charge in [-0.1, -0.05) is 13.8 Å². The minimum absolute atomic E-state index is 0. The summed E-state index contributed by atoms with van der Waals surface area (Å²) in [4.78, 5) is 27.3. The molecule has 2 rings (SSSR count). The van der Waals surface area contributed by atoms with Gasteiger partial charge in [-0.25, -0.2) is 0 Å². The molecule has 0 spiro atoms. The summed E-state index contributed by atoms with van der Waals surface area (Å²) in [6, 6.07) is 3.03. The molecule has 0 bridgehead atoms. The van der Waals surface area contributed by atoms with Crippen molar-refractivity contribution in [3.63, 3.8) is 0 Å². The molecule has 1 aromatic carbocycles.